The Balaban J connectivity index is 1.74. The predicted octanol–water partition coefficient (Wildman–Crippen LogP) is 2.33. The first-order chi connectivity index (χ1) is 10.3. The first-order valence-corrected chi connectivity index (χ1v) is 7.13. The average molecular weight is 300 g/mol. The van der Waals surface area contributed by atoms with Crippen molar-refractivity contribution in [3.05, 3.63) is 47.1 Å². The minimum absolute atomic E-state index is 0.566. The summed E-state index contributed by atoms with van der Waals surface area (Å²) in [6.45, 7) is 3.26. The maximum Gasteiger partial charge on any atom is 0.169 e. The second-order valence-corrected chi connectivity index (χ2v) is 5.21. The van der Waals surface area contributed by atoms with Gasteiger partial charge in [0.1, 0.15) is 6.07 Å². The van der Waals surface area contributed by atoms with E-state index >= 15 is 0 Å². The van der Waals surface area contributed by atoms with Gasteiger partial charge in [-0.15, -0.1) is 5.10 Å². The summed E-state index contributed by atoms with van der Waals surface area (Å²) in [6.07, 6.45) is 1.54. The van der Waals surface area contributed by atoms with Crippen LogP contribution in [0.4, 0.5) is 11.5 Å². The number of hydrogen-bond donors (Lipinski definition) is 0. The molecule has 0 unspecified atom stereocenters. The van der Waals surface area contributed by atoms with Gasteiger partial charge in [-0.05, 0) is 18.2 Å². The van der Waals surface area contributed by atoms with E-state index in [0.29, 0.717) is 11.4 Å². The van der Waals surface area contributed by atoms with Crippen molar-refractivity contribution in [3.8, 4) is 6.07 Å². The van der Waals surface area contributed by atoms with Crippen LogP contribution in [0.5, 0.6) is 0 Å². The highest BCUT2D eigenvalue weighted by atomic mass is 35.5. The van der Waals surface area contributed by atoms with Crippen molar-refractivity contribution in [2.45, 2.75) is 0 Å². The van der Waals surface area contributed by atoms with Gasteiger partial charge in [0.25, 0.3) is 0 Å². The molecule has 1 aliphatic heterocycles. The van der Waals surface area contributed by atoms with Crippen LogP contribution in [0, 0.1) is 11.3 Å². The van der Waals surface area contributed by atoms with Crippen molar-refractivity contribution in [1.82, 2.24) is 10.2 Å². The molecule has 0 radical (unpaired) electrons. The average Bonchev–Trinajstić information content (AvgIpc) is 2.55. The van der Waals surface area contributed by atoms with Crippen LogP contribution < -0.4 is 9.80 Å². The fraction of sp³-hybridized carbons (Fsp3) is 0.267. The van der Waals surface area contributed by atoms with Crippen molar-refractivity contribution in [2.75, 3.05) is 36.0 Å². The van der Waals surface area contributed by atoms with E-state index < -0.39 is 0 Å². The van der Waals surface area contributed by atoms with Crippen molar-refractivity contribution >= 4 is 23.1 Å². The maximum absolute atomic E-state index is 9.14. The van der Waals surface area contributed by atoms with E-state index in [1.165, 1.54) is 0 Å². The molecule has 6 heteroatoms. The summed E-state index contributed by atoms with van der Waals surface area (Å²) in [7, 11) is 0. The highest BCUT2D eigenvalue weighted by molar-refractivity contribution is 6.33. The second kappa shape index (κ2) is 5.98. The van der Waals surface area contributed by atoms with Crippen LogP contribution in [-0.4, -0.2) is 36.4 Å². The lowest BCUT2D eigenvalue weighted by Crippen LogP contribution is -2.47. The van der Waals surface area contributed by atoms with Crippen LogP contribution in [0.1, 0.15) is 5.56 Å². The van der Waals surface area contributed by atoms with Crippen molar-refractivity contribution < 1.29 is 0 Å². The Hall–Kier alpha value is -2.32. The van der Waals surface area contributed by atoms with E-state index in [0.717, 1.165) is 36.9 Å². The SMILES string of the molecule is N#Cc1ccnnc1N1CCN(c2ccccc2Cl)CC1. The number of hydrogen-bond acceptors (Lipinski definition) is 5. The number of nitrogens with zero attached hydrogens (tertiary/aromatic N) is 5. The molecule has 0 atom stereocenters. The molecule has 1 aliphatic rings. The molecule has 0 bridgehead atoms. The molecule has 0 saturated carbocycles. The molecule has 5 nitrogen and oxygen atoms in total. The highest BCUT2D eigenvalue weighted by Crippen LogP contribution is 2.27. The largest absolute Gasteiger partial charge is 0.367 e. The zero-order chi connectivity index (χ0) is 14.7. The number of aromatic nitrogens is 2. The third-order valence-electron chi connectivity index (χ3n) is 3.59. The fourth-order valence-corrected chi connectivity index (χ4v) is 2.77. The van der Waals surface area contributed by atoms with Gasteiger partial charge < -0.3 is 9.80 Å². The van der Waals surface area contributed by atoms with E-state index in [-0.39, 0.29) is 0 Å². The van der Waals surface area contributed by atoms with Gasteiger partial charge in [-0.25, -0.2) is 0 Å². The quantitative estimate of drug-likeness (QED) is 0.852. The summed E-state index contributed by atoms with van der Waals surface area (Å²) >= 11 is 6.24. The molecular formula is C15H14ClN5. The van der Waals surface area contributed by atoms with E-state index in [9.17, 15) is 0 Å². The smallest absolute Gasteiger partial charge is 0.169 e. The first-order valence-electron chi connectivity index (χ1n) is 6.76. The number of benzene rings is 1. The van der Waals surface area contributed by atoms with E-state index in [2.05, 4.69) is 26.1 Å². The Morgan fingerprint density at radius 2 is 1.76 bits per heavy atom. The molecule has 106 valence electrons. The van der Waals surface area contributed by atoms with E-state index in [4.69, 9.17) is 16.9 Å². The normalized spacial score (nSPS) is 14.9. The summed E-state index contributed by atoms with van der Waals surface area (Å²) in [4.78, 5) is 4.35. The summed E-state index contributed by atoms with van der Waals surface area (Å²) in [5, 5.41) is 17.9. The van der Waals surface area contributed by atoms with E-state index in [1.807, 2.05) is 24.3 Å². The Kier molecular flexibility index (Phi) is 3.89. The van der Waals surface area contributed by atoms with Gasteiger partial charge in [-0.3, -0.25) is 0 Å². The third-order valence-corrected chi connectivity index (χ3v) is 3.91. The standard InChI is InChI=1S/C15H14ClN5/c16-13-3-1-2-4-14(13)20-7-9-21(10-8-20)15-12(11-17)5-6-18-19-15/h1-6H,7-10H2. The van der Waals surface area contributed by atoms with Gasteiger partial charge in [-0.1, -0.05) is 23.7 Å². The molecule has 2 aromatic rings. The molecule has 1 fully saturated rings. The van der Waals surface area contributed by atoms with Crippen LogP contribution in [0.3, 0.4) is 0 Å². The van der Waals surface area contributed by atoms with Gasteiger partial charge >= 0.3 is 0 Å². The van der Waals surface area contributed by atoms with E-state index in [1.54, 1.807) is 12.3 Å². The summed E-state index contributed by atoms with van der Waals surface area (Å²) in [5.41, 5.74) is 1.62. The Morgan fingerprint density at radius 1 is 1.05 bits per heavy atom. The molecule has 0 spiro atoms. The number of rotatable bonds is 2. The molecule has 0 aliphatic carbocycles. The number of piperazine rings is 1. The van der Waals surface area contributed by atoms with Crippen molar-refractivity contribution in [3.63, 3.8) is 0 Å². The van der Waals surface area contributed by atoms with Crippen molar-refractivity contribution in [1.29, 1.82) is 5.26 Å². The summed E-state index contributed by atoms with van der Waals surface area (Å²) in [5.74, 6) is 0.666. The predicted molar refractivity (Wildman–Crippen MR) is 82.6 cm³/mol. The lowest BCUT2D eigenvalue weighted by Gasteiger charge is -2.37. The second-order valence-electron chi connectivity index (χ2n) is 4.81. The number of anilines is 2. The van der Waals surface area contributed by atoms with Crippen molar-refractivity contribution in [2.24, 2.45) is 0 Å². The molecule has 1 aromatic carbocycles. The number of nitriles is 1. The monoisotopic (exact) mass is 299 g/mol. The molecule has 1 saturated heterocycles. The molecule has 0 N–H and O–H groups in total. The molecule has 0 amide bonds. The maximum atomic E-state index is 9.14. The topological polar surface area (TPSA) is 56.1 Å². The van der Waals surface area contributed by atoms with Crippen LogP contribution in [0.2, 0.25) is 5.02 Å². The molecular weight excluding hydrogens is 286 g/mol. The Morgan fingerprint density at radius 3 is 2.48 bits per heavy atom. The highest BCUT2D eigenvalue weighted by Gasteiger charge is 2.21. The number of halogens is 1. The molecule has 1 aromatic heterocycles. The van der Waals surface area contributed by atoms with Crippen LogP contribution >= 0.6 is 11.6 Å². The minimum atomic E-state index is 0.566. The molecule has 2 heterocycles. The van der Waals surface area contributed by atoms with Gasteiger partial charge in [0, 0.05) is 26.2 Å². The lowest BCUT2D eigenvalue weighted by atomic mass is 10.2. The molecule has 21 heavy (non-hydrogen) atoms. The van der Waals surface area contributed by atoms with Gasteiger partial charge in [0.2, 0.25) is 0 Å². The fourth-order valence-electron chi connectivity index (χ4n) is 2.51. The van der Waals surface area contributed by atoms with Gasteiger partial charge in [0.05, 0.1) is 22.5 Å². The first kappa shape index (κ1) is 13.7. The zero-order valence-electron chi connectivity index (χ0n) is 11.4. The number of para-hydroxylation sites is 1. The zero-order valence-corrected chi connectivity index (χ0v) is 12.2. The van der Waals surface area contributed by atoms with Crippen LogP contribution in [0.15, 0.2) is 36.5 Å². The van der Waals surface area contributed by atoms with Crippen LogP contribution in [0.25, 0.3) is 0 Å². The summed E-state index contributed by atoms with van der Waals surface area (Å²) < 4.78 is 0. The Bertz CT molecular complexity index is 674. The minimum Gasteiger partial charge on any atom is -0.367 e. The lowest BCUT2D eigenvalue weighted by molar-refractivity contribution is 0.643. The van der Waals surface area contributed by atoms with Gasteiger partial charge in [0.15, 0.2) is 5.82 Å². The third kappa shape index (κ3) is 2.76. The Labute approximate surface area is 128 Å². The molecule has 3 rings (SSSR count). The van der Waals surface area contributed by atoms with Crippen LogP contribution in [-0.2, 0) is 0 Å². The van der Waals surface area contributed by atoms with Gasteiger partial charge in [-0.2, -0.15) is 10.4 Å². The summed E-state index contributed by atoms with van der Waals surface area (Å²) in [6, 6.07) is 11.7.